The molecule has 0 saturated carbocycles. The molecule has 0 aliphatic carbocycles. The fraction of sp³-hybridized carbons (Fsp3) is 0.417. The molecule has 2 aromatic rings. The van der Waals surface area contributed by atoms with E-state index >= 15 is 0 Å². The summed E-state index contributed by atoms with van der Waals surface area (Å²) in [4.78, 5) is 16.2. The van der Waals surface area contributed by atoms with Crippen LogP contribution in [0.4, 0.5) is 5.69 Å². The number of nitrogens with zero attached hydrogens (tertiary/aromatic N) is 2. The number of carbonyl (C=O) groups excluding carboxylic acids is 1. The number of nitrogen functional groups attached to an aromatic ring is 1. The van der Waals surface area contributed by atoms with Crippen LogP contribution in [-0.2, 0) is 13.0 Å². The standard InChI is InChI=1S/C12H17N5OS/c1-3-4-8-10(13)11(17-16-8)12(18)14-5-9-15-7(2)6-19-9/h6H,3-5,13H2,1-2H3,(H,14,18)(H,16,17). The highest BCUT2D eigenvalue weighted by atomic mass is 32.1. The van der Waals surface area contributed by atoms with Crippen molar-refractivity contribution in [2.24, 2.45) is 0 Å². The van der Waals surface area contributed by atoms with Gasteiger partial charge in [-0.05, 0) is 13.3 Å². The number of rotatable bonds is 5. The zero-order valence-corrected chi connectivity index (χ0v) is 11.8. The third-order valence-electron chi connectivity index (χ3n) is 2.66. The molecule has 0 unspecified atom stereocenters. The lowest BCUT2D eigenvalue weighted by molar-refractivity contribution is 0.0946. The number of H-pyrrole nitrogens is 1. The number of hydrogen-bond donors (Lipinski definition) is 3. The molecule has 0 spiro atoms. The predicted molar refractivity (Wildman–Crippen MR) is 75.0 cm³/mol. The average molecular weight is 279 g/mol. The number of nitrogens with two attached hydrogens (primary N) is 1. The van der Waals surface area contributed by atoms with E-state index in [1.807, 2.05) is 19.2 Å². The summed E-state index contributed by atoms with van der Waals surface area (Å²) >= 11 is 1.52. The molecule has 1 amide bonds. The molecule has 2 rings (SSSR count). The Morgan fingerprint density at radius 3 is 3.00 bits per heavy atom. The van der Waals surface area contributed by atoms with Gasteiger partial charge in [-0.25, -0.2) is 4.98 Å². The topological polar surface area (TPSA) is 96.7 Å². The van der Waals surface area contributed by atoms with E-state index in [2.05, 4.69) is 20.5 Å². The molecule has 6 nitrogen and oxygen atoms in total. The van der Waals surface area contributed by atoms with Crippen LogP contribution in [0.15, 0.2) is 5.38 Å². The van der Waals surface area contributed by atoms with Crippen LogP contribution in [0, 0.1) is 6.92 Å². The number of anilines is 1. The average Bonchev–Trinajstić information content (AvgIpc) is 2.95. The Bertz CT molecular complexity index is 574. The molecule has 102 valence electrons. The number of carbonyl (C=O) groups is 1. The SMILES string of the molecule is CCCc1[nH]nc(C(=O)NCc2nc(C)cs2)c1N. The number of amides is 1. The zero-order valence-electron chi connectivity index (χ0n) is 11.0. The van der Waals surface area contributed by atoms with E-state index in [1.165, 1.54) is 11.3 Å². The van der Waals surface area contributed by atoms with Crippen molar-refractivity contribution >= 4 is 22.9 Å². The van der Waals surface area contributed by atoms with Crippen LogP contribution < -0.4 is 11.1 Å². The van der Waals surface area contributed by atoms with E-state index < -0.39 is 0 Å². The van der Waals surface area contributed by atoms with Gasteiger partial charge in [0.2, 0.25) is 0 Å². The molecule has 7 heteroatoms. The first-order valence-electron chi connectivity index (χ1n) is 6.13. The minimum atomic E-state index is -0.274. The number of aromatic amines is 1. The van der Waals surface area contributed by atoms with Gasteiger partial charge < -0.3 is 11.1 Å². The monoisotopic (exact) mass is 279 g/mol. The first-order valence-corrected chi connectivity index (χ1v) is 7.01. The van der Waals surface area contributed by atoms with Crippen LogP contribution in [0.25, 0.3) is 0 Å². The van der Waals surface area contributed by atoms with E-state index in [1.54, 1.807) is 0 Å². The molecule has 0 atom stereocenters. The Balaban J connectivity index is 2.00. The van der Waals surface area contributed by atoms with Gasteiger partial charge in [-0.1, -0.05) is 13.3 Å². The van der Waals surface area contributed by atoms with Crippen molar-refractivity contribution in [1.82, 2.24) is 20.5 Å². The van der Waals surface area contributed by atoms with E-state index in [9.17, 15) is 4.79 Å². The number of aryl methyl sites for hydroxylation is 2. The lowest BCUT2D eigenvalue weighted by Gasteiger charge is -2.01. The lowest BCUT2D eigenvalue weighted by atomic mass is 10.2. The number of hydrogen-bond acceptors (Lipinski definition) is 5. The number of thiazole rings is 1. The minimum Gasteiger partial charge on any atom is -0.395 e. The summed E-state index contributed by atoms with van der Waals surface area (Å²) in [7, 11) is 0. The second-order valence-corrected chi connectivity index (χ2v) is 5.22. The maximum atomic E-state index is 12.0. The molecule has 0 radical (unpaired) electrons. The Kier molecular flexibility index (Phi) is 4.16. The van der Waals surface area contributed by atoms with Crippen molar-refractivity contribution in [2.75, 3.05) is 5.73 Å². The maximum absolute atomic E-state index is 12.0. The summed E-state index contributed by atoms with van der Waals surface area (Å²) in [6.45, 7) is 4.36. The quantitative estimate of drug-likeness (QED) is 0.775. The summed E-state index contributed by atoms with van der Waals surface area (Å²) < 4.78 is 0. The maximum Gasteiger partial charge on any atom is 0.274 e. The molecular formula is C12H17N5OS. The van der Waals surface area contributed by atoms with Crippen molar-refractivity contribution in [3.8, 4) is 0 Å². The molecule has 0 fully saturated rings. The highest BCUT2D eigenvalue weighted by molar-refractivity contribution is 7.09. The summed E-state index contributed by atoms with van der Waals surface area (Å²) in [6.07, 6.45) is 1.74. The molecule has 0 aliphatic heterocycles. The van der Waals surface area contributed by atoms with Crippen molar-refractivity contribution in [3.05, 3.63) is 27.5 Å². The number of aromatic nitrogens is 3. The van der Waals surface area contributed by atoms with Crippen LogP contribution in [0.3, 0.4) is 0 Å². The molecule has 2 heterocycles. The molecule has 0 bridgehead atoms. The Labute approximate surface area is 115 Å². The highest BCUT2D eigenvalue weighted by Gasteiger charge is 2.16. The normalized spacial score (nSPS) is 10.6. The fourth-order valence-electron chi connectivity index (χ4n) is 1.72. The molecule has 0 aromatic carbocycles. The van der Waals surface area contributed by atoms with Gasteiger partial charge in [-0.15, -0.1) is 11.3 Å². The molecular weight excluding hydrogens is 262 g/mol. The van der Waals surface area contributed by atoms with Gasteiger partial charge in [0.15, 0.2) is 5.69 Å². The Morgan fingerprint density at radius 1 is 1.58 bits per heavy atom. The van der Waals surface area contributed by atoms with Crippen LogP contribution in [0.1, 0.15) is 40.2 Å². The van der Waals surface area contributed by atoms with Crippen LogP contribution in [0.2, 0.25) is 0 Å². The van der Waals surface area contributed by atoms with E-state index in [4.69, 9.17) is 5.73 Å². The van der Waals surface area contributed by atoms with E-state index in [-0.39, 0.29) is 11.6 Å². The molecule has 0 saturated heterocycles. The molecule has 2 aromatic heterocycles. The molecule has 19 heavy (non-hydrogen) atoms. The number of nitrogens with one attached hydrogen (secondary N) is 2. The second kappa shape index (κ2) is 5.83. The minimum absolute atomic E-state index is 0.261. The highest BCUT2D eigenvalue weighted by Crippen LogP contribution is 2.15. The van der Waals surface area contributed by atoms with Gasteiger partial charge in [0.25, 0.3) is 5.91 Å². The van der Waals surface area contributed by atoms with Crippen molar-refractivity contribution < 1.29 is 4.79 Å². The first kappa shape index (κ1) is 13.5. The molecule has 0 aliphatic rings. The predicted octanol–water partition coefficient (Wildman–Crippen LogP) is 1.64. The van der Waals surface area contributed by atoms with Crippen molar-refractivity contribution in [3.63, 3.8) is 0 Å². The van der Waals surface area contributed by atoms with Gasteiger partial charge in [0.1, 0.15) is 5.01 Å². The fourth-order valence-corrected chi connectivity index (χ4v) is 2.44. The summed E-state index contributed by atoms with van der Waals surface area (Å²) in [6, 6.07) is 0. The van der Waals surface area contributed by atoms with Gasteiger partial charge in [-0.3, -0.25) is 9.89 Å². The van der Waals surface area contributed by atoms with Crippen LogP contribution in [0.5, 0.6) is 0 Å². The summed E-state index contributed by atoms with van der Waals surface area (Å²) in [5, 5.41) is 12.4. The Hall–Kier alpha value is -1.89. The third kappa shape index (κ3) is 3.11. The van der Waals surface area contributed by atoms with Gasteiger partial charge in [0.05, 0.1) is 17.9 Å². The second-order valence-electron chi connectivity index (χ2n) is 4.28. The third-order valence-corrected chi connectivity index (χ3v) is 3.63. The Morgan fingerprint density at radius 2 is 2.37 bits per heavy atom. The smallest absolute Gasteiger partial charge is 0.274 e. The summed E-state index contributed by atoms with van der Waals surface area (Å²) in [5.41, 5.74) is 8.37. The van der Waals surface area contributed by atoms with Crippen LogP contribution >= 0.6 is 11.3 Å². The van der Waals surface area contributed by atoms with Crippen molar-refractivity contribution in [1.29, 1.82) is 0 Å². The summed E-state index contributed by atoms with van der Waals surface area (Å²) in [5.74, 6) is -0.274. The zero-order chi connectivity index (χ0) is 13.8. The molecule has 4 N–H and O–H groups in total. The van der Waals surface area contributed by atoms with Gasteiger partial charge in [-0.2, -0.15) is 5.10 Å². The lowest BCUT2D eigenvalue weighted by Crippen LogP contribution is -2.24. The van der Waals surface area contributed by atoms with E-state index in [0.717, 1.165) is 29.2 Å². The van der Waals surface area contributed by atoms with E-state index in [0.29, 0.717) is 12.2 Å². The largest absolute Gasteiger partial charge is 0.395 e. The van der Waals surface area contributed by atoms with Gasteiger partial charge in [0, 0.05) is 11.1 Å². The van der Waals surface area contributed by atoms with Crippen molar-refractivity contribution in [2.45, 2.75) is 33.2 Å². The van der Waals surface area contributed by atoms with Gasteiger partial charge >= 0.3 is 0 Å². The first-order chi connectivity index (χ1) is 9.11. The van der Waals surface area contributed by atoms with Crippen LogP contribution in [-0.4, -0.2) is 21.1 Å².